The number of para-hydroxylation sites is 3. The Morgan fingerprint density at radius 2 is 1.85 bits per heavy atom. The van der Waals surface area contributed by atoms with Gasteiger partial charge in [0, 0.05) is 5.70 Å². The molecule has 4 N–H and O–H groups in total. The molecule has 1 aliphatic rings. The van der Waals surface area contributed by atoms with Crippen LogP contribution in [0.2, 0.25) is 5.02 Å². The Labute approximate surface area is 164 Å². The summed E-state index contributed by atoms with van der Waals surface area (Å²) < 4.78 is 5.80. The number of ether oxygens (including phenoxy) is 1. The Morgan fingerprint density at radius 1 is 1.15 bits per heavy atom. The van der Waals surface area contributed by atoms with E-state index in [0.29, 0.717) is 27.9 Å². The number of halogens is 1. The number of carboxylic acid groups (broad SMARTS) is 1. The second-order valence-corrected chi connectivity index (χ2v) is 6.89. The number of carbonyl (C=O) groups excluding carboxylic acids is 1. The van der Waals surface area contributed by atoms with Gasteiger partial charge in [-0.05, 0) is 29.7 Å². The number of thioether (sulfide) groups is 1. The molecule has 0 spiro atoms. The molecule has 0 fully saturated rings. The Bertz CT molecular complexity index is 890. The van der Waals surface area contributed by atoms with Crippen molar-refractivity contribution in [3.8, 4) is 11.5 Å². The Kier molecular flexibility index (Phi) is 6.10. The quantitative estimate of drug-likeness (QED) is 0.575. The molecule has 2 aromatic carbocycles. The van der Waals surface area contributed by atoms with Crippen molar-refractivity contribution in [1.29, 1.82) is 0 Å². The molecule has 9 heteroatoms. The van der Waals surface area contributed by atoms with Crippen molar-refractivity contribution in [2.45, 2.75) is 11.9 Å². The maximum Gasteiger partial charge on any atom is 0.321 e. The highest BCUT2D eigenvalue weighted by atomic mass is 35.5. The van der Waals surface area contributed by atoms with Gasteiger partial charge in [-0.15, -0.1) is 0 Å². The van der Waals surface area contributed by atoms with Gasteiger partial charge in [-0.1, -0.05) is 47.6 Å². The first-order valence-electron chi connectivity index (χ1n) is 7.93. The van der Waals surface area contributed by atoms with Crippen molar-refractivity contribution in [3.05, 3.63) is 64.7 Å². The maximum absolute atomic E-state index is 12.3. The molecule has 1 unspecified atom stereocenters. The van der Waals surface area contributed by atoms with E-state index >= 15 is 0 Å². The van der Waals surface area contributed by atoms with Gasteiger partial charge in [-0.3, -0.25) is 4.79 Å². The van der Waals surface area contributed by atoms with Gasteiger partial charge in [-0.2, -0.15) is 0 Å². The molecular weight excluding hydrogens is 390 g/mol. The van der Waals surface area contributed by atoms with E-state index in [1.54, 1.807) is 53.9 Å². The van der Waals surface area contributed by atoms with Crippen LogP contribution >= 0.6 is 23.4 Å². The average molecular weight is 406 g/mol. The number of hydrogen-bond acceptors (Lipinski definition) is 5. The molecule has 0 aromatic heterocycles. The number of benzene rings is 2. The van der Waals surface area contributed by atoms with E-state index in [2.05, 4.69) is 16.0 Å². The highest BCUT2D eigenvalue weighted by molar-refractivity contribution is 8.02. The van der Waals surface area contributed by atoms with Gasteiger partial charge in [0.25, 0.3) is 0 Å². The molecule has 27 heavy (non-hydrogen) atoms. The smallest absolute Gasteiger partial charge is 0.321 e. The SMILES string of the molecule is O=C(O)CC1=CSC(NC(=O)Nc2ccccc2Oc2ccccc2Cl)N1. The molecule has 1 aliphatic heterocycles. The van der Waals surface area contributed by atoms with Crippen LogP contribution in [0.25, 0.3) is 0 Å². The minimum atomic E-state index is -0.940. The van der Waals surface area contributed by atoms with Crippen LogP contribution in [-0.4, -0.2) is 22.6 Å². The Morgan fingerprint density at radius 3 is 2.59 bits per heavy atom. The average Bonchev–Trinajstić information content (AvgIpc) is 3.04. The molecule has 0 saturated heterocycles. The van der Waals surface area contributed by atoms with E-state index in [9.17, 15) is 9.59 Å². The summed E-state index contributed by atoms with van der Waals surface area (Å²) in [6.45, 7) is 0. The molecule has 0 bridgehead atoms. The van der Waals surface area contributed by atoms with Crippen LogP contribution in [0, 0.1) is 0 Å². The fourth-order valence-electron chi connectivity index (χ4n) is 2.29. The van der Waals surface area contributed by atoms with Crippen LogP contribution in [0.15, 0.2) is 59.6 Å². The van der Waals surface area contributed by atoms with Crippen LogP contribution in [0.4, 0.5) is 10.5 Å². The predicted molar refractivity (Wildman–Crippen MR) is 105 cm³/mol. The first-order chi connectivity index (χ1) is 13.0. The number of nitrogens with one attached hydrogen (secondary N) is 3. The van der Waals surface area contributed by atoms with Gasteiger partial charge in [-0.25, -0.2) is 4.79 Å². The van der Waals surface area contributed by atoms with Crippen LogP contribution in [-0.2, 0) is 4.79 Å². The van der Waals surface area contributed by atoms with Gasteiger partial charge < -0.3 is 25.8 Å². The Hall–Kier alpha value is -2.84. The first-order valence-corrected chi connectivity index (χ1v) is 9.25. The standard InChI is InChI=1S/C18H16ClN3O4S/c19-12-5-1-3-7-14(12)26-15-8-4-2-6-13(15)21-17(25)22-18-20-11(10-27-18)9-16(23)24/h1-8,10,18,20H,9H2,(H,23,24)(H2,21,22,25). The second kappa shape index (κ2) is 8.70. The van der Waals surface area contributed by atoms with Gasteiger partial charge in [0.1, 0.15) is 5.75 Å². The lowest BCUT2D eigenvalue weighted by Gasteiger charge is -2.17. The first kappa shape index (κ1) is 18.9. The topological polar surface area (TPSA) is 99.7 Å². The molecule has 7 nitrogen and oxygen atoms in total. The third-order valence-electron chi connectivity index (χ3n) is 3.46. The molecule has 2 aromatic rings. The summed E-state index contributed by atoms with van der Waals surface area (Å²) in [5.41, 5.74) is 0.563. The lowest BCUT2D eigenvalue weighted by atomic mass is 10.3. The molecule has 1 atom stereocenters. The van der Waals surface area contributed by atoms with E-state index < -0.39 is 17.5 Å². The van der Waals surface area contributed by atoms with Crippen LogP contribution in [0.5, 0.6) is 11.5 Å². The lowest BCUT2D eigenvalue weighted by molar-refractivity contribution is -0.136. The number of urea groups is 1. The van der Waals surface area contributed by atoms with Crippen molar-refractivity contribution < 1.29 is 19.4 Å². The van der Waals surface area contributed by atoms with Crippen molar-refractivity contribution in [2.24, 2.45) is 0 Å². The van der Waals surface area contributed by atoms with E-state index in [4.69, 9.17) is 21.4 Å². The van der Waals surface area contributed by atoms with Gasteiger partial charge in [0.15, 0.2) is 11.2 Å². The molecular formula is C18H16ClN3O4S. The summed E-state index contributed by atoms with van der Waals surface area (Å²) >= 11 is 7.39. The van der Waals surface area contributed by atoms with E-state index in [1.807, 2.05) is 0 Å². The lowest BCUT2D eigenvalue weighted by Crippen LogP contribution is -2.42. The molecule has 0 radical (unpaired) electrons. The summed E-state index contributed by atoms with van der Waals surface area (Å²) in [5, 5.41) is 19.3. The fraction of sp³-hybridized carbons (Fsp3) is 0.111. The third-order valence-corrected chi connectivity index (χ3v) is 4.70. The van der Waals surface area contributed by atoms with Crippen molar-refractivity contribution in [3.63, 3.8) is 0 Å². The predicted octanol–water partition coefficient (Wildman–Crippen LogP) is 4.19. The summed E-state index contributed by atoms with van der Waals surface area (Å²) in [5.74, 6) is -0.0214. The van der Waals surface area contributed by atoms with Gasteiger partial charge in [0.05, 0.1) is 17.1 Å². The largest absolute Gasteiger partial charge is 0.481 e. The van der Waals surface area contributed by atoms with Crippen LogP contribution in [0.1, 0.15) is 6.42 Å². The normalized spacial score (nSPS) is 15.4. The molecule has 3 rings (SSSR count). The number of aliphatic carboxylic acids is 1. The molecule has 140 valence electrons. The van der Waals surface area contributed by atoms with Gasteiger partial charge >= 0.3 is 12.0 Å². The minimum absolute atomic E-state index is 0.124. The summed E-state index contributed by atoms with van der Waals surface area (Å²) in [7, 11) is 0. The third kappa shape index (κ3) is 5.32. The van der Waals surface area contributed by atoms with Crippen molar-refractivity contribution in [2.75, 3.05) is 5.32 Å². The van der Waals surface area contributed by atoms with Crippen molar-refractivity contribution in [1.82, 2.24) is 10.6 Å². The molecule has 1 heterocycles. The number of rotatable bonds is 6. The fourth-order valence-corrected chi connectivity index (χ4v) is 3.32. The number of amides is 2. The van der Waals surface area contributed by atoms with Crippen LogP contribution in [0.3, 0.4) is 0 Å². The van der Waals surface area contributed by atoms with Crippen LogP contribution < -0.4 is 20.7 Å². The van der Waals surface area contributed by atoms with E-state index in [-0.39, 0.29) is 6.42 Å². The molecule has 0 aliphatic carbocycles. The zero-order chi connectivity index (χ0) is 19.2. The minimum Gasteiger partial charge on any atom is -0.481 e. The number of anilines is 1. The maximum atomic E-state index is 12.3. The summed E-state index contributed by atoms with van der Waals surface area (Å²) in [4.78, 5) is 23.0. The number of carbonyl (C=O) groups is 2. The van der Waals surface area contributed by atoms with Crippen molar-refractivity contribution >= 4 is 41.1 Å². The zero-order valence-electron chi connectivity index (χ0n) is 13.9. The second-order valence-electron chi connectivity index (χ2n) is 5.50. The van der Waals surface area contributed by atoms with E-state index in [1.165, 1.54) is 11.8 Å². The number of hydrogen-bond donors (Lipinski definition) is 4. The Balaban J connectivity index is 1.60. The summed E-state index contributed by atoms with van der Waals surface area (Å²) in [6.07, 6.45) is -0.124. The zero-order valence-corrected chi connectivity index (χ0v) is 15.5. The number of carboxylic acids is 1. The monoisotopic (exact) mass is 405 g/mol. The highest BCUT2D eigenvalue weighted by Crippen LogP contribution is 2.33. The van der Waals surface area contributed by atoms with E-state index in [0.717, 1.165) is 0 Å². The summed E-state index contributed by atoms with van der Waals surface area (Å²) in [6, 6.07) is 13.6. The highest BCUT2D eigenvalue weighted by Gasteiger charge is 2.20. The molecule has 2 amide bonds. The molecule has 0 saturated carbocycles. The van der Waals surface area contributed by atoms with Gasteiger partial charge in [0.2, 0.25) is 0 Å².